The zero-order chi connectivity index (χ0) is 19.6. The van der Waals surface area contributed by atoms with E-state index in [4.69, 9.17) is 0 Å². The smallest absolute Gasteiger partial charge is 0.326 e. The van der Waals surface area contributed by atoms with Crippen molar-refractivity contribution < 1.29 is 19.3 Å². The van der Waals surface area contributed by atoms with Gasteiger partial charge in [0.15, 0.2) is 6.54 Å². The van der Waals surface area contributed by atoms with E-state index in [-0.39, 0.29) is 18.4 Å². The third kappa shape index (κ3) is 4.13. The Bertz CT molecular complexity index is 756. The maximum Gasteiger partial charge on any atom is 0.344 e. The number of carbonyl (C=O) groups excluding carboxylic acids is 3. The number of imide groups is 1. The largest absolute Gasteiger partial charge is 0.344 e. The van der Waals surface area contributed by atoms with E-state index in [9.17, 15) is 14.4 Å². The van der Waals surface area contributed by atoms with Gasteiger partial charge in [-0.1, -0.05) is 43.0 Å². The zero-order valence-electron chi connectivity index (χ0n) is 16.4. The van der Waals surface area contributed by atoms with Crippen LogP contribution in [0.1, 0.15) is 48.8 Å². The molecule has 7 heteroatoms. The number of carbonyl (C=O) groups is 3. The molecule has 1 aromatic rings. The van der Waals surface area contributed by atoms with Crippen LogP contribution >= 0.6 is 0 Å². The summed E-state index contributed by atoms with van der Waals surface area (Å²) in [6.07, 6.45) is 4.18. The molecule has 146 valence electrons. The van der Waals surface area contributed by atoms with Gasteiger partial charge in [-0.3, -0.25) is 15.0 Å². The van der Waals surface area contributed by atoms with Gasteiger partial charge < -0.3 is 10.2 Å². The lowest BCUT2D eigenvalue weighted by molar-refractivity contribution is -0.885. The quantitative estimate of drug-likeness (QED) is 0.661. The topological polar surface area (TPSA) is 82.9 Å². The Morgan fingerprint density at radius 3 is 2.59 bits per heavy atom. The van der Waals surface area contributed by atoms with Crippen LogP contribution in [0.2, 0.25) is 0 Å². The fraction of sp³-hybridized carbons (Fsp3) is 0.550. The van der Waals surface area contributed by atoms with Crippen LogP contribution in [0.5, 0.6) is 0 Å². The fourth-order valence-corrected chi connectivity index (χ4v) is 4.09. The first-order valence-corrected chi connectivity index (χ1v) is 9.64. The summed E-state index contributed by atoms with van der Waals surface area (Å²) in [7, 11) is 1.92. The van der Waals surface area contributed by atoms with E-state index in [2.05, 4.69) is 42.8 Å². The van der Waals surface area contributed by atoms with E-state index in [1.54, 1.807) is 0 Å². The van der Waals surface area contributed by atoms with Gasteiger partial charge in [0.1, 0.15) is 12.1 Å². The van der Waals surface area contributed by atoms with Gasteiger partial charge in [0, 0.05) is 5.56 Å². The molecule has 1 atom stereocenters. The van der Waals surface area contributed by atoms with Crippen molar-refractivity contribution in [2.24, 2.45) is 0 Å². The lowest BCUT2D eigenvalue weighted by atomic mass is 9.82. The number of hydrogen-bond donors (Lipinski definition) is 3. The molecule has 1 heterocycles. The highest BCUT2D eigenvalue weighted by molar-refractivity contribution is 6.08. The average molecular weight is 373 g/mol. The number of rotatable bonds is 5. The minimum Gasteiger partial charge on any atom is -0.326 e. The van der Waals surface area contributed by atoms with E-state index in [0.717, 1.165) is 29.2 Å². The van der Waals surface area contributed by atoms with Crippen molar-refractivity contribution in [3.05, 3.63) is 34.9 Å². The fourth-order valence-electron chi connectivity index (χ4n) is 4.09. The molecule has 3 N–H and O–H groups in total. The molecule has 1 aromatic carbocycles. The molecular formula is C20H29N4O3+. The van der Waals surface area contributed by atoms with Crippen LogP contribution in [0.15, 0.2) is 18.2 Å². The summed E-state index contributed by atoms with van der Waals surface area (Å²) >= 11 is 0. The predicted octanol–water partition coefficient (Wildman–Crippen LogP) is 0.604. The third-order valence-electron chi connectivity index (χ3n) is 5.56. The number of hydrogen-bond acceptors (Lipinski definition) is 3. The number of hydrazine groups is 1. The monoisotopic (exact) mass is 373 g/mol. The first-order chi connectivity index (χ1) is 12.8. The van der Waals surface area contributed by atoms with Gasteiger partial charge in [0.2, 0.25) is 0 Å². The number of benzene rings is 1. The van der Waals surface area contributed by atoms with E-state index in [1.807, 2.05) is 7.05 Å². The zero-order valence-corrected chi connectivity index (χ0v) is 16.4. The normalized spacial score (nSPS) is 19.9. The highest BCUT2D eigenvalue weighted by atomic mass is 16.2. The summed E-state index contributed by atoms with van der Waals surface area (Å²) < 4.78 is 0. The van der Waals surface area contributed by atoms with Crippen LogP contribution in [0, 0.1) is 13.8 Å². The molecule has 0 aromatic heterocycles. The van der Waals surface area contributed by atoms with Crippen molar-refractivity contribution in [2.75, 3.05) is 13.6 Å². The maximum atomic E-state index is 12.7. The van der Waals surface area contributed by atoms with Crippen molar-refractivity contribution in [3.63, 3.8) is 0 Å². The third-order valence-corrected chi connectivity index (χ3v) is 5.56. The van der Waals surface area contributed by atoms with Crippen LogP contribution < -0.4 is 15.6 Å². The molecule has 27 heavy (non-hydrogen) atoms. The highest BCUT2D eigenvalue weighted by Gasteiger charge is 2.52. The predicted molar refractivity (Wildman–Crippen MR) is 101 cm³/mol. The second-order valence-corrected chi connectivity index (χ2v) is 7.99. The van der Waals surface area contributed by atoms with Crippen LogP contribution in [0.3, 0.4) is 0 Å². The van der Waals surface area contributed by atoms with Crippen molar-refractivity contribution in [3.8, 4) is 0 Å². The summed E-state index contributed by atoms with van der Waals surface area (Å²) in [6, 6.07) is 5.74. The lowest BCUT2D eigenvalue weighted by Crippen LogP contribution is -3.09. The Balaban J connectivity index is 1.57. The second-order valence-electron chi connectivity index (χ2n) is 7.99. The molecule has 1 spiro atoms. The summed E-state index contributed by atoms with van der Waals surface area (Å²) in [5.74, 6) is -0.666. The molecule has 1 aliphatic heterocycles. The minimum absolute atomic E-state index is 0.178. The number of amides is 4. The van der Waals surface area contributed by atoms with Gasteiger partial charge in [-0.25, -0.2) is 4.79 Å². The Labute approximate surface area is 160 Å². The Morgan fingerprint density at radius 2 is 1.93 bits per heavy atom. The SMILES string of the molecule is Cc1ccc(C[NH+](C)CC(=O)NN2C(=O)NC3(CCCCC3)C2=O)c(C)c1. The average Bonchev–Trinajstić information content (AvgIpc) is 2.82. The maximum absolute atomic E-state index is 12.7. The van der Waals surface area contributed by atoms with Crippen molar-refractivity contribution in [1.82, 2.24) is 15.8 Å². The number of nitrogens with one attached hydrogen (secondary N) is 3. The van der Waals surface area contributed by atoms with Crippen molar-refractivity contribution in [2.45, 2.75) is 58.0 Å². The van der Waals surface area contributed by atoms with Gasteiger partial charge in [0.25, 0.3) is 11.8 Å². The summed E-state index contributed by atoms with van der Waals surface area (Å²) in [4.78, 5) is 38.3. The molecule has 1 aliphatic carbocycles. The summed E-state index contributed by atoms with van der Waals surface area (Å²) in [5, 5.41) is 3.67. The molecule has 2 fully saturated rings. The molecule has 3 rings (SSSR count). The molecule has 2 aliphatic rings. The summed E-state index contributed by atoms with van der Waals surface area (Å²) in [6.45, 7) is 4.99. The Morgan fingerprint density at radius 1 is 1.22 bits per heavy atom. The number of quaternary nitrogens is 1. The minimum atomic E-state index is -0.819. The van der Waals surface area contributed by atoms with E-state index in [0.29, 0.717) is 19.4 Å². The van der Waals surface area contributed by atoms with E-state index in [1.165, 1.54) is 16.7 Å². The molecule has 1 unspecified atom stereocenters. The first-order valence-electron chi connectivity index (χ1n) is 9.64. The molecule has 7 nitrogen and oxygen atoms in total. The van der Waals surface area contributed by atoms with Gasteiger partial charge in [-0.15, -0.1) is 0 Å². The summed E-state index contributed by atoms with van der Waals surface area (Å²) in [5.41, 5.74) is 5.27. The standard InChI is InChI=1S/C20H28N4O3/c1-14-7-8-16(15(2)11-14)12-23(3)13-17(25)22-24-18(26)20(21-19(24)27)9-5-4-6-10-20/h7-8,11H,4-6,9-10,12-13H2,1-3H3,(H,21,27)(H,22,25)/p+1. The second kappa shape index (κ2) is 7.68. The highest BCUT2D eigenvalue weighted by Crippen LogP contribution is 2.32. The van der Waals surface area contributed by atoms with Crippen LogP contribution in [0.4, 0.5) is 4.79 Å². The molecule has 0 radical (unpaired) electrons. The Hall–Kier alpha value is -2.41. The van der Waals surface area contributed by atoms with Crippen LogP contribution in [-0.4, -0.2) is 42.0 Å². The Kier molecular flexibility index (Phi) is 5.51. The molecule has 0 bridgehead atoms. The molecule has 1 saturated carbocycles. The van der Waals surface area contributed by atoms with Crippen LogP contribution in [0.25, 0.3) is 0 Å². The van der Waals surface area contributed by atoms with Gasteiger partial charge >= 0.3 is 6.03 Å². The lowest BCUT2D eigenvalue weighted by Gasteiger charge is -2.30. The number of aryl methyl sites for hydroxylation is 2. The van der Waals surface area contributed by atoms with Gasteiger partial charge in [0.05, 0.1) is 7.05 Å². The number of urea groups is 1. The van der Waals surface area contributed by atoms with Crippen LogP contribution in [-0.2, 0) is 16.1 Å². The molecule has 4 amide bonds. The van der Waals surface area contributed by atoms with E-state index < -0.39 is 11.6 Å². The number of likely N-dealkylation sites (N-methyl/N-ethyl adjacent to an activating group) is 1. The molecular weight excluding hydrogens is 344 g/mol. The molecule has 1 saturated heterocycles. The first kappa shape index (κ1) is 19.4. The van der Waals surface area contributed by atoms with Crippen molar-refractivity contribution >= 4 is 17.8 Å². The van der Waals surface area contributed by atoms with Crippen molar-refractivity contribution in [1.29, 1.82) is 0 Å². The van der Waals surface area contributed by atoms with E-state index >= 15 is 0 Å². The number of nitrogens with zero attached hydrogens (tertiary/aromatic N) is 1. The van der Waals surface area contributed by atoms with Gasteiger partial charge in [-0.2, -0.15) is 5.01 Å². The van der Waals surface area contributed by atoms with Gasteiger partial charge in [-0.05, 0) is 32.3 Å².